The first-order chi connectivity index (χ1) is 11.2. The van der Waals surface area contributed by atoms with Gasteiger partial charge in [0.1, 0.15) is 12.0 Å². The summed E-state index contributed by atoms with van der Waals surface area (Å²) in [6, 6.07) is 10.5. The minimum atomic E-state index is -0.566. The molecule has 4 atom stereocenters. The minimum Gasteiger partial charge on any atom is -0.462 e. The minimum absolute atomic E-state index is 0.00367. The van der Waals surface area contributed by atoms with Crippen LogP contribution in [0.3, 0.4) is 0 Å². The number of halogens is 1. The lowest BCUT2D eigenvalue weighted by atomic mass is 9.98. The summed E-state index contributed by atoms with van der Waals surface area (Å²) in [7, 11) is 2.17. The molecule has 2 unspecified atom stereocenters. The maximum Gasteiger partial charge on any atom is 0.316 e. The molecule has 2 saturated heterocycles. The number of alkyl halides is 1. The Morgan fingerprint density at radius 2 is 1.83 bits per heavy atom. The smallest absolute Gasteiger partial charge is 0.316 e. The zero-order valence-corrected chi connectivity index (χ0v) is 15.4. The first-order valence-electron chi connectivity index (χ1n) is 8.15. The zero-order valence-electron chi connectivity index (χ0n) is 13.8. The van der Waals surface area contributed by atoms with E-state index in [0.717, 1.165) is 18.4 Å². The molecule has 23 heavy (non-hydrogen) atoms. The Kier molecular flexibility index (Phi) is 7.06. The molecule has 2 aliphatic rings. The fourth-order valence-corrected chi connectivity index (χ4v) is 3.71. The van der Waals surface area contributed by atoms with Crippen LogP contribution in [-0.2, 0) is 9.53 Å². The second-order valence-electron chi connectivity index (χ2n) is 6.23. The third-order valence-electron chi connectivity index (χ3n) is 5.01. The summed E-state index contributed by atoms with van der Waals surface area (Å²) in [5.41, 5.74) is 0.820. The van der Waals surface area contributed by atoms with Gasteiger partial charge in [-0.25, -0.2) is 0 Å². The van der Waals surface area contributed by atoms with E-state index in [4.69, 9.17) is 4.74 Å². The molecule has 2 bridgehead atoms. The predicted molar refractivity (Wildman–Crippen MR) is 94.8 cm³/mol. The Hall–Kier alpha value is -0.910. The number of hydrogen-bond donors (Lipinski definition) is 1. The zero-order chi connectivity index (χ0) is 16.8. The maximum absolute atomic E-state index is 12.4. The van der Waals surface area contributed by atoms with Crippen LogP contribution in [0.2, 0.25) is 0 Å². The van der Waals surface area contributed by atoms with Gasteiger partial charge in [0.2, 0.25) is 0 Å². The number of nitrogens with zero attached hydrogens (tertiary/aromatic N) is 1. The van der Waals surface area contributed by atoms with Crippen LogP contribution in [0.15, 0.2) is 30.3 Å². The fraction of sp³-hybridized carbons (Fsp3) is 0.611. The van der Waals surface area contributed by atoms with Crippen molar-refractivity contribution in [3.63, 3.8) is 0 Å². The van der Waals surface area contributed by atoms with Gasteiger partial charge in [0, 0.05) is 12.1 Å². The van der Waals surface area contributed by atoms with E-state index in [2.05, 4.69) is 27.9 Å². The standard InChI is InChI=1S/C17H23NO3.CH3Br/c1-18-13-7-8-14(18)10-15(9-13)21-17(20)16(11-19)12-5-3-2-4-6-12;1-2/h2-6,13-16,19H,7-11H2,1H3;1H3/t13-,14+,15?,16?;. The van der Waals surface area contributed by atoms with Gasteiger partial charge in [-0.05, 0) is 44.1 Å². The number of aliphatic hydroxyl groups is 1. The number of hydrogen-bond acceptors (Lipinski definition) is 4. The molecule has 2 fully saturated rings. The topological polar surface area (TPSA) is 49.8 Å². The number of fused-ring (bicyclic) bond motifs is 2. The lowest BCUT2D eigenvalue weighted by Crippen LogP contribution is -2.43. The molecule has 0 amide bonds. The van der Waals surface area contributed by atoms with Gasteiger partial charge < -0.3 is 14.7 Å². The maximum atomic E-state index is 12.4. The predicted octanol–water partition coefficient (Wildman–Crippen LogP) is 2.94. The summed E-state index contributed by atoms with van der Waals surface area (Å²) in [5, 5.41) is 9.53. The Morgan fingerprint density at radius 1 is 1.26 bits per heavy atom. The summed E-state index contributed by atoms with van der Waals surface area (Å²) in [6.45, 7) is -0.206. The van der Waals surface area contributed by atoms with E-state index in [-0.39, 0.29) is 18.7 Å². The van der Waals surface area contributed by atoms with Gasteiger partial charge >= 0.3 is 5.97 Å². The number of carbonyl (C=O) groups excluding carboxylic acids is 1. The van der Waals surface area contributed by atoms with Crippen LogP contribution >= 0.6 is 15.9 Å². The fourth-order valence-electron chi connectivity index (χ4n) is 3.71. The van der Waals surface area contributed by atoms with Gasteiger partial charge in [-0.3, -0.25) is 4.79 Å². The quantitative estimate of drug-likeness (QED) is 0.641. The molecule has 2 aliphatic heterocycles. The van der Waals surface area contributed by atoms with Crippen molar-refractivity contribution in [2.75, 3.05) is 19.5 Å². The van der Waals surface area contributed by atoms with Crippen LogP contribution in [0, 0.1) is 0 Å². The Balaban J connectivity index is 0.000000924. The van der Waals surface area contributed by atoms with Crippen molar-refractivity contribution >= 4 is 21.9 Å². The van der Waals surface area contributed by atoms with Gasteiger partial charge in [0.15, 0.2) is 0 Å². The molecule has 3 rings (SSSR count). The second kappa shape index (κ2) is 8.81. The van der Waals surface area contributed by atoms with E-state index in [1.807, 2.05) is 36.2 Å². The number of aliphatic hydroxyl groups excluding tert-OH is 1. The summed E-state index contributed by atoms with van der Waals surface area (Å²) < 4.78 is 5.70. The molecule has 0 aromatic heterocycles. The molecule has 0 aliphatic carbocycles. The lowest BCUT2D eigenvalue weighted by molar-refractivity contribution is -0.155. The summed E-state index contributed by atoms with van der Waals surface area (Å²) in [5.74, 6) is 0.952. The number of carbonyl (C=O) groups is 1. The van der Waals surface area contributed by atoms with Gasteiger partial charge in [0.25, 0.3) is 0 Å². The highest BCUT2D eigenvalue weighted by molar-refractivity contribution is 9.08. The molecule has 0 saturated carbocycles. The number of benzene rings is 1. The van der Waals surface area contributed by atoms with Crippen molar-refractivity contribution in [2.24, 2.45) is 0 Å². The van der Waals surface area contributed by atoms with E-state index < -0.39 is 5.92 Å². The van der Waals surface area contributed by atoms with Crippen LogP contribution in [-0.4, -0.2) is 53.7 Å². The molecule has 1 N–H and O–H groups in total. The van der Waals surface area contributed by atoms with Gasteiger partial charge in [-0.2, -0.15) is 0 Å². The third kappa shape index (κ3) is 4.34. The average molecular weight is 384 g/mol. The molecule has 5 heteroatoms. The van der Waals surface area contributed by atoms with Crippen molar-refractivity contribution in [1.82, 2.24) is 4.90 Å². The van der Waals surface area contributed by atoms with E-state index >= 15 is 0 Å². The van der Waals surface area contributed by atoms with Crippen molar-refractivity contribution in [3.05, 3.63) is 35.9 Å². The molecular weight excluding hydrogens is 358 g/mol. The van der Waals surface area contributed by atoms with Gasteiger partial charge in [-0.1, -0.05) is 46.3 Å². The van der Waals surface area contributed by atoms with Crippen molar-refractivity contribution in [3.8, 4) is 0 Å². The van der Waals surface area contributed by atoms with Crippen molar-refractivity contribution in [2.45, 2.75) is 49.8 Å². The summed E-state index contributed by atoms with van der Waals surface area (Å²) in [6.07, 6.45) is 4.26. The Bertz CT molecular complexity index is 482. The van der Waals surface area contributed by atoms with Gasteiger partial charge in [-0.15, -0.1) is 0 Å². The summed E-state index contributed by atoms with van der Waals surface area (Å²) in [4.78, 5) is 14.8. The summed E-state index contributed by atoms with van der Waals surface area (Å²) >= 11 is 2.94. The molecule has 1 aromatic rings. The molecule has 128 valence electrons. The van der Waals surface area contributed by atoms with Crippen LogP contribution in [0.4, 0.5) is 0 Å². The monoisotopic (exact) mass is 383 g/mol. The highest BCUT2D eigenvalue weighted by atomic mass is 79.9. The second-order valence-corrected chi connectivity index (χ2v) is 6.23. The normalized spacial score (nSPS) is 27.7. The first-order valence-corrected chi connectivity index (χ1v) is 9.73. The lowest BCUT2D eigenvalue weighted by Gasteiger charge is -2.36. The highest BCUT2D eigenvalue weighted by Crippen LogP contribution is 2.36. The van der Waals surface area contributed by atoms with Gasteiger partial charge in [0.05, 0.1) is 6.61 Å². The van der Waals surface area contributed by atoms with Crippen molar-refractivity contribution in [1.29, 1.82) is 0 Å². The van der Waals surface area contributed by atoms with Crippen LogP contribution < -0.4 is 0 Å². The molecule has 1 aromatic carbocycles. The molecule has 0 spiro atoms. The number of esters is 1. The largest absolute Gasteiger partial charge is 0.462 e. The average Bonchev–Trinajstić information content (AvgIpc) is 2.79. The first kappa shape index (κ1) is 18.4. The Labute approximate surface area is 147 Å². The van der Waals surface area contributed by atoms with Crippen LogP contribution in [0.25, 0.3) is 0 Å². The highest BCUT2D eigenvalue weighted by Gasteiger charge is 2.40. The van der Waals surface area contributed by atoms with Crippen molar-refractivity contribution < 1.29 is 14.6 Å². The number of piperidine rings is 1. The van der Waals surface area contributed by atoms with Crippen LogP contribution in [0.5, 0.6) is 0 Å². The molecule has 4 nitrogen and oxygen atoms in total. The number of rotatable bonds is 4. The van der Waals surface area contributed by atoms with E-state index in [9.17, 15) is 9.90 Å². The van der Waals surface area contributed by atoms with Crippen LogP contribution in [0.1, 0.15) is 37.2 Å². The molecular formula is C18H26BrNO3. The SMILES string of the molecule is CBr.CN1[C@@H]2CC[C@H]1CC(OC(=O)C(CO)c1ccccc1)C2. The molecule has 2 heterocycles. The third-order valence-corrected chi connectivity index (χ3v) is 5.01. The Morgan fingerprint density at radius 3 is 2.35 bits per heavy atom. The van der Waals surface area contributed by atoms with E-state index in [1.165, 1.54) is 12.8 Å². The van der Waals surface area contributed by atoms with E-state index in [0.29, 0.717) is 12.1 Å². The molecule has 0 radical (unpaired) electrons. The van der Waals surface area contributed by atoms with E-state index in [1.54, 1.807) is 0 Å². The number of ether oxygens (including phenoxy) is 1.